The molecular weight excluding hydrogens is 444 g/mol. The van der Waals surface area contributed by atoms with Gasteiger partial charge in [0.05, 0.1) is 0 Å². The Labute approximate surface area is 166 Å². The molecule has 0 aliphatic rings. The minimum Gasteiger partial charge on any atom is -0.325 e. The van der Waals surface area contributed by atoms with Crippen LogP contribution in [-0.2, 0) is 55.9 Å². The Morgan fingerprint density at radius 1 is 0.833 bits per heavy atom. The number of hydrogen-bond donors (Lipinski definition) is 6. The quantitative estimate of drug-likeness (QED) is 0.293. The average molecular weight is 470 g/mol. The molecule has 6 nitrogen and oxygen atoms in total. The van der Waals surface area contributed by atoms with Crippen molar-refractivity contribution in [2.24, 2.45) is 0 Å². The second-order valence-electron chi connectivity index (χ2n) is 4.74. The van der Waals surface area contributed by atoms with Crippen LogP contribution in [0.15, 0.2) is 18.2 Å². The molecule has 24 heavy (non-hydrogen) atoms. The Balaban J connectivity index is -0.000000337. The molecule has 0 aromatic heterocycles. The van der Waals surface area contributed by atoms with Crippen LogP contribution >= 0.6 is 13.4 Å². The third-order valence-electron chi connectivity index (χ3n) is 2.53. The number of benzene rings is 1. The van der Waals surface area contributed by atoms with Crippen LogP contribution in [0, 0.1) is 6.92 Å². The largest absolute Gasteiger partial charge is 0.325 e. The molecule has 138 valence electrons. The van der Waals surface area contributed by atoms with Gasteiger partial charge in [-0.2, -0.15) is 0 Å². The molecule has 0 aliphatic heterocycles. The van der Waals surface area contributed by atoms with E-state index in [1.165, 1.54) is 31.2 Å². The summed E-state index contributed by atoms with van der Waals surface area (Å²) in [5, 5.41) is 0. The maximum Gasteiger partial charge on any atom is 0.319 e. The SMILES string of the molecule is CCCc1cccc(C)c1CCC.OP(O)(O)=S.OP(O)(O)=S.[Zn]. The van der Waals surface area contributed by atoms with Gasteiger partial charge in [0.25, 0.3) is 0 Å². The maximum absolute atomic E-state index is 7.56. The number of hydrogen-bond acceptors (Lipinski definition) is 2. The van der Waals surface area contributed by atoms with Gasteiger partial charge < -0.3 is 29.4 Å². The molecule has 0 aliphatic carbocycles. The summed E-state index contributed by atoms with van der Waals surface area (Å²) in [4.78, 5) is 45.3. The van der Waals surface area contributed by atoms with E-state index in [1.54, 1.807) is 11.1 Å². The fourth-order valence-corrected chi connectivity index (χ4v) is 1.87. The summed E-state index contributed by atoms with van der Waals surface area (Å²) < 4.78 is 0. The van der Waals surface area contributed by atoms with Crippen molar-refractivity contribution in [1.29, 1.82) is 0 Å². The molecule has 0 unspecified atom stereocenters. The van der Waals surface area contributed by atoms with Crippen LogP contribution in [0.2, 0.25) is 0 Å². The standard InChI is InChI=1S/C13H20.2H3O3PS.Zn/c1-4-7-12-10-6-9-11(3)13(12)8-5-2;2*1-4(2,3)5;/h6,9-10H,4-5,7-8H2,1-3H3;2*(H3,1,2,3,5);. The molecule has 0 saturated heterocycles. The zero-order chi connectivity index (χ0) is 18.7. The van der Waals surface area contributed by atoms with E-state index in [2.05, 4.69) is 62.6 Å². The average Bonchev–Trinajstić information content (AvgIpc) is 2.30. The first-order valence-corrected chi connectivity index (χ1v) is 12.3. The van der Waals surface area contributed by atoms with Gasteiger partial charge in [0.2, 0.25) is 0 Å². The normalized spacial score (nSPS) is 10.5. The minimum absolute atomic E-state index is 0. The summed E-state index contributed by atoms with van der Waals surface area (Å²) in [7, 11) is 0. The molecule has 1 aromatic rings. The van der Waals surface area contributed by atoms with Crippen LogP contribution in [0.1, 0.15) is 43.4 Å². The minimum atomic E-state index is -3.81. The van der Waals surface area contributed by atoms with Crippen LogP contribution in [0.25, 0.3) is 0 Å². The van der Waals surface area contributed by atoms with Crippen LogP contribution in [-0.4, -0.2) is 29.4 Å². The van der Waals surface area contributed by atoms with E-state index in [-0.39, 0.29) is 19.5 Å². The molecule has 0 spiro atoms. The Kier molecular flexibility index (Phi) is 18.5. The van der Waals surface area contributed by atoms with Gasteiger partial charge in [-0.15, -0.1) is 0 Å². The van der Waals surface area contributed by atoms with E-state index in [0.717, 1.165) is 0 Å². The molecule has 11 heteroatoms. The first-order valence-electron chi connectivity index (χ1n) is 6.93. The van der Waals surface area contributed by atoms with Crippen LogP contribution in [0.3, 0.4) is 0 Å². The fourth-order valence-electron chi connectivity index (χ4n) is 1.87. The summed E-state index contributed by atoms with van der Waals surface area (Å²) >= 11 is 7.21. The third kappa shape index (κ3) is 25.1. The third-order valence-corrected chi connectivity index (χ3v) is 2.53. The molecule has 0 amide bonds. The van der Waals surface area contributed by atoms with E-state index in [4.69, 9.17) is 29.4 Å². The van der Waals surface area contributed by atoms with Crippen molar-refractivity contribution in [2.75, 3.05) is 0 Å². The van der Waals surface area contributed by atoms with E-state index in [0.29, 0.717) is 0 Å². The van der Waals surface area contributed by atoms with Gasteiger partial charge in [-0.1, -0.05) is 44.9 Å². The topological polar surface area (TPSA) is 121 Å². The van der Waals surface area contributed by atoms with Gasteiger partial charge in [-0.25, -0.2) is 0 Å². The van der Waals surface area contributed by atoms with Crippen molar-refractivity contribution in [1.82, 2.24) is 0 Å². The van der Waals surface area contributed by atoms with Crippen molar-refractivity contribution < 1.29 is 48.8 Å². The smallest absolute Gasteiger partial charge is 0.319 e. The van der Waals surface area contributed by atoms with E-state index in [1.807, 2.05) is 0 Å². The van der Waals surface area contributed by atoms with E-state index < -0.39 is 13.4 Å². The van der Waals surface area contributed by atoms with Crippen LogP contribution < -0.4 is 0 Å². The molecule has 1 aromatic carbocycles. The maximum atomic E-state index is 7.56. The van der Waals surface area contributed by atoms with Crippen molar-refractivity contribution in [3.05, 3.63) is 34.9 Å². The zero-order valence-corrected chi connectivity index (χ0v) is 20.6. The summed E-state index contributed by atoms with van der Waals surface area (Å²) in [6.45, 7) is -0.885. The molecule has 0 saturated carbocycles. The number of rotatable bonds is 4. The van der Waals surface area contributed by atoms with Gasteiger partial charge in [0, 0.05) is 19.5 Å². The summed E-state index contributed by atoms with van der Waals surface area (Å²) in [6.07, 6.45) is 4.97. The monoisotopic (exact) mass is 468 g/mol. The van der Waals surface area contributed by atoms with E-state index in [9.17, 15) is 0 Å². The Morgan fingerprint density at radius 2 is 1.21 bits per heavy atom. The Morgan fingerprint density at radius 3 is 1.54 bits per heavy atom. The van der Waals surface area contributed by atoms with Crippen molar-refractivity contribution in [3.63, 3.8) is 0 Å². The molecule has 0 radical (unpaired) electrons. The fraction of sp³-hybridized carbons (Fsp3) is 0.538. The van der Waals surface area contributed by atoms with Crippen molar-refractivity contribution in [3.8, 4) is 0 Å². The van der Waals surface area contributed by atoms with Crippen LogP contribution in [0.4, 0.5) is 0 Å². The summed E-state index contributed by atoms with van der Waals surface area (Å²) in [5.41, 5.74) is 4.61. The van der Waals surface area contributed by atoms with Crippen molar-refractivity contribution >= 4 is 37.1 Å². The molecule has 0 heterocycles. The summed E-state index contributed by atoms with van der Waals surface area (Å²) in [6, 6.07) is 6.69. The molecule has 6 N–H and O–H groups in total. The van der Waals surface area contributed by atoms with E-state index >= 15 is 0 Å². The predicted octanol–water partition coefficient (Wildman–Crippen LogP) is 2.27. The first-order chi connectivity index (χ1) is 10.3. The summed E-state index contributed by atoms with van der Waals surface area (Å²) in [5.74, 6) is 0. The second kappa shape index (κ2) is 15.0. The number of aryl methyl sites for hydroxylation is 2. The second-order valence-corrected chi connectivity index (χ2v) is 9.73. The molecule has 0 atom stereocenters. The Bertz CT molecular complexity index is 511. The zero-order valence-electron chi connectivity index (χ0n) is 14.2. The van der Waals surface area contributed by atoms with Gasteiger partial charge in [0.1, 0.15) is 0 Å². The Hall–Kier alpha value is 0.903. The first kappa shape index (κ1) is 29.7. The van der Waals surface area contributed by atoms with Crippen molar-refractivity contribution in [2.45, 2.75) is 46.5 Å². The van der Waals surface area contributed by atoms with Gasteiger partial charge in [0.15, 0.2) is 0 Å². The molecule has 1 rings (SSSR count). The van der Waals surface area contributed by atoms with Gasteiger partial charge >= 0.3 is 13.4 Å². The van der Waals surface area contributed by atoms with Crippen LogP contribution in [0.5, 0.6) is 0 Å². The molecule has 0 fully saturated rings. The molecular formula is C13H26O6P2S2Zn. The van der Waals surface area contributed by atoms with Gasteiger partial charge in [-0.3, -0.25) is 0 Å². The molecule has 0 bridgehead atoms. The van der Waals surface area contributed by atoms with Gasteiger partial charge in [-0.05, 0) is 60.1 Å². The predicted molar refractivity (Wildman–Crippen MR) is 101 cm³/mol.